The molecule has 5 heteroatoms. The lowest BCUT2D eigenvalue weighted by atomic mass is 10.1. The van der Waals surface area contributed by atoms with E-state index < -0.39 is 0 Å². The average molecular weight is 365 g/mol. The highest BCUT2D eigenvalue weighted by Crippen LogP contribution is 2.31. The molecule has 3 aromatic rings. The van der Waals surface area contributed by atoms with Crippen LogP contribution in [0.1, 0.15) is 5.56 Å². The number of rotatable bonds is 6. The van der Waals surface area contributed by atoms with Gasteiger partial charge in [0.15, 0.2) is 0 Å². The number of nitrogens with one attached hydrogen (secondary N) is 1. The Labute approximate surface area is 156 Å². The number of anilines is 1. The summed E-state index contributed by atoms with van der Waals surface area (Å²) in [4.78, 5) is 13.5. The van der Waals surface area contributed by atoms with Crippen molar-refractivity contribution in [1.29, 1.82) is 0 Å². The zero-order valence-corrected chi connectivity index (χ0v) is 15.4. The van der Waals surface area contributed by atoms with E-state index in [1.165, 1.54) is 6.08 Å². The van der Waals surface area contributed by atoms with Gasteiger partial charge in [-0.3, -0.25) is 4.79 Å². The predicted molar refractivity (Wildman–Crippen MR) is 107 cm³/mol. The monoisotopic (exact) mass is 365 g/mol. The minimum absolute atomic E-state index is 0.198. The fourth-order valence-corrected chi connectivity index (χ4v) is 3.28. The van der Waals surface area contributed by atoms with E-state index in [4.69, 9.17) is 9.47 Å². The zero-order valence-electron chi connectivity index (χ0n) is 14.6. The van der Waals surface area contributed by atoms with Gasteiger partial charge in [-0.1, -0.05) is 24.3 Å². The number of amides is 1. The lowest BCUT2D eigenvalue weighted by Gasteiger charge is -2.08. The first-order chi connectivity index (χ1) is 12.7. The number of para-hydroxylation sites is 1. The first-order valence-corrected chi connectivity index (χ1v) is 8.92. The van der Waals surface area contributed by atoms with Crippen molar-refractivity contribution >= 4 is 29.0 Å². The molecule has 0 saturated heterocycles. The largest absolute Gasteiger partial charge is 0.497 e. The Balaban J connectivity index is 1.77. The van der Waals surface area contributed by atoms with E-state index in [2.05, 4.69) is 5.32 Å². The van der Waals surface area contributed by atoms with E-state index in [0.717, 1.165) is 21.7 Å². The molecule has 2 aromatic carbocycles. The number of methoxy groups -OCH3 is 2. The van der Waals surface area contributed by atoms with Crippen molar-refractivity contribution in [3.05, 3.63) is 71.6 Å². The Morgan fingerprint density at radius 3 is 2.38 bits per heavy atom. The summed E-state index contributed by atoms with van der Waals surface area (Å²) in [6.07, 6.45) is 3.23. The lowest BCUT2D eigenvalue weighted by Crippen LogP contribution is -2.08. The molecule has 0 saturated carbocycles. The van der Waals surface area contributed by atoms with Gasteiger partial charge in [-0.25, -0.2) is 0 Å². The SMILES string of the molecule is COc1cc(/C=C/C(=O)Nc2ccccc2-c2cccs2)cc(OC)c1. The van der Waals surface area contributed by atoms with Crippen molar-refractivity contribution in [2.24, 2.45) is 0 Å². The standard InChI is InChI=1S/C21H19NO3S/c1-24-16-12-15(13-17(14-16)25-2)9-10-21(23)22-19-7-4-3-6-18(19)20-8-5-11-26-20/h3-14H,1-2H3,(H,22,23)/b10-9+. The van der Waals surface area contributed by atoms with Gasteiger partial charge < -0.3 is 14.8 Å². The Hall–Kier alpha value is -3.05. The minimum Gasteiger partial charge on any atom is -0.497 e. The van der Waals surface area contributed by atoms with E-state index >= 15 is 0 Å². The number of carbonyl (C=O) groups is 1. The zero-order chi connectivity index (χ0) is 18.4. The molecule has 1 N–H and O–H groups in total. The molecular formula is C21H19NO3S. The van der Waals surface area contributed by atoms with Crippen LogP contribution in [0.4, 0.5) is 5.69 Å². The number of ether oxygens (including phenoxy) is 2. The maximum Gasteiger partial charge on any atom is 0.248 e. The molecule has 1 amide bonds. The van der Waals surface area contributed by atoms with E-state index in [9.17, 15) is 4.79 Å². The molecule has 4 nitrogen and oxygen atoms in total. The third-order valence-electron chi connectivity index (χ3n) is 3.77. The fraction of sp³-hybridized carbons (Fsp3) is 0.0952. The van der Waals surface area contributed by atoms with Crippen molar-refractivity contribution in [3.63, 3.8) is 0 Å². The van der Waals surface area contributed by atoms with Crippen LogP contribution < -0.4 is 14.8 Å². The third-order valence-corrected chi connectivity index (χ3v) is 4.68. The van der Waals surface area contributed by atoms with Crippen molar-refractivity contribution in [2.75, 3.05) is 19.5 Å². The second-order valence-electron chi connectivity index (χ2n) is 5.49. The normalized spacial score (nSPS) is 10.7. The summed E-state index contributed by atoms with van der Waals surface area (Å²) in [6.45, 7) is 0. The molecule has 132 valence electrons. The second kappa shape index (κ2) is 8.36. The Morgan fingerprint density at radius 1 is 1.00 bits per heavy atom. The van der Waals surface area contributed by atoms with Gasteiger partial charge in [0, 0.05) is 28.3 Å². The van der Waals surface area contributed by atoms with Crippen LogP contribution in [0.2, 0.25) is 0 Å². The lowest BCUT2D eigenvalue weighted by molar-refractivity contribution is -0.111. The van der Waals surface area contributed by atoms with Crippen molar-refractivity contribution in [3.8, 4) is 21.9 Å². The van der Waals surface area contributed by atoms with Gasteiger partial charge in [-0.2, -0.15) is 0 Å². The maximum atomic E-state index is 12.4. The smallest absolute Gasteiger partial charge is 0.248 e. The molecule has 0 unspecified atom stereocenters. The third kappa shape index (κ3) is 4.32. The molecule has 1 heterocycles. The Morgan fingerprint density at radius 2 is 1.73 bits per heavy atom. The highest BCUT2D eigenvalue weighted by atomic mass is 32.1. The molecule has 0 atom stereocenters. The van der Waals surface area contributed by atoms with E-state index in [1.54, 1.807) is 37.7 Å². The topological polar surface area (TPSA) is 47.6 Å². The first kappa shape index (κ1) is 17.8. The van der Waals surface area contributed by atoms with Crippen molar-refractivity contribution in [1.82, 2.24) is 0 Å². The highest BCUT2D eigenvalue weighted by molar-refractivity contribution is 7.13. The van der Waals surface area contributed by atoms with Crippen LogP contribution in [-0.4, -0.2) is 20.1 Å². The summed E-state index contributed by atoms with van der Waals surface area (Å²) in [5, 5.41) is 4.96. The van der Waals surface area contributed by atoms with Crippen LogP contribution in [-0.2, 0) is 4.79 Å². The molecular weight excluding hydrogens is 346 g/mol. The van der Waals surface area contributed by atoms with Crippen LogP contribution in [0.5, 0.6) is 11.5 Å². The molecule has 0 aliphatic carbocycles. The molecule has 26 heavy (non-hydrogen) atoms. The van der Waals surface area contributed by atoms with Gasteiger partial charge in [0.25, 0.3) is 0 Å². The summed E-state index contributed by atoms with van der Waals surface area (Å²) in [5.41, 5.74) is 2.61. The van der Waals surface area contributed by atoms with Crippen molar-refractivity contribution in [2.45, 2.75) is 0 Å². The fourth-order valence-electron chi connectivity index (χ4n) is 2.51. The summed E-state index contributed by atoms with van der Waals surface area (Å²) < 4.78 is 10.5. The average Bonchev–Trinajstić information content (AvgIpc) is 3.21. The summed E-state index contributed by atoms with van der Waals surface area (Å²) >= 11 is 1.64. The number of carbonyl (C=O) groups excluding carboxylic acids is 1. The van der Waals surface area contributed by atoms with Gasteiger partial charge in [0.2, 0.25) is 5.91 Å². The molecule has 0 aliphatic heterocycles. The van der Waals surface area contributed by atoms with E-state index in [-0.39, 0.29) is 5.91 Å². The van der Waals surface area contributed by atoms with Crippen LogP contribution in [0, 0.1) is 0 Å². The van der Waals surface area contributed by atoms with Crippen LogP contribution in [0.15, 0.2) is 66.1 Å². The van der Waals surface area contributed by atoms with Crippen LogP contribution in [0.25, 0.3) is 16.5 Å². The first-order valence-electron chi connectivity index (χ1n) is 8.04. The Kier molecular flexibility index (Phi) is 5.71. The molecule has 3 rings (SSSR count). The van der Waals surface area contributed by atoms with E-state index in [1.807, 2.05) is 53.9 Å². The number of benzene rings is 2. The summed E-state index contributed by atoms with van der Waals surface area (Å²) in [6, 6.07) is 17.3. The number of hydrogen-bond donors (Lipinski definition) is 1. The quantitative estimate of drug-likeness (QED) is 0.619. The molecule has 0 bridgehead atoms. The molecule has 1 aromatic heterocycles. The number of hydrogen-bond acceptors (Lipinski definition) is 4. The van der Waals surface area contributed by atoms with Crippen LogP contribution in [0.3, 0.4) is 0 Å². The second-order valence-corrected chi connectivity index (χ2v) is 6.44. The summed E-state index contributed by atoms with van der Waals surface area (Å²) in [5.74, 6) is 1.15. The molecule has 0 radical (unpaired) electrons. The molecule has 0 fully saturated rings. The molecule has 0 aliphatic rings. The molecule has 0 spiro atoms. The van der Waals surface area contributed by atoms with Crippen LogP contribution >= 0.6 is 11.3 Å². The van der Waals surface area contributed by atoms with Gasteiger partial charge in [0.1, 0.15) is 11.5 Å². The van der Waals surface area contributed by atoms with Gasteiger partial charge in [0.05, 0.1) is 14.2 Å². The van der Waals surface area contributed by atoms with Gasteiger partial charge in [-0.05, 0) is 41.3 Å². The van der Waals surface area contributed by atoms with E-state index in [0.29, 0.717) is 11.5 Å². The minimum atomic E-state index is -0.198. The predicted octanol–water partition coefficient (Wildman–Crippen LogP) is 5.08. The number of thiophene rings is 1. The van der Waals surface area contributed by atoms with Crippen molar-refractivity contribution < 1.29 is 14.3 Å². The maximum absolute atomic E-state index is 12.4. The highest BCUT2D eigenvalue weighted by Gasteiger charge is 2.07. The summed E-state index contributed by atoms with van der Waals surface area (Å²) in [7, 11) is 3.19. The Bertz CT molecular complexity index is 895. The van der Waals surface area contributed by atoms with Gasteiger partial charge in [-0.15, -0.1) is 11.3 Å². The van der Waals surface area contributed by atoms with Gasteiger partial charge >= 0.3 is 0 Å².